The molecule has 16 heavy (non-hydrogen) atoms. The fraction of sp³-hybridized carbons (Fsp3) is 0.462. The van der Waals surface area contributed by atoms with E-state index in [9.17, 15) is 4.79 Å². The topological polar surface area (TPSA) is 20.3 Å². The van der Waals surface area contributed by atoms with Crippen molar-refractivity contribution in [2.24, 2.45) is 0 Å². The molecule has 3 heteroatoms. The lowest BCUT2D eigenvalue weighted by Gasteiger charge is -2.27. The van der Waals surface area contributed by atoms with Gasteiger partial charge in [0.25, 0.3) is 0 Å². The molecule has 0 aliphatic heterocycles. The van der Waals surface area contributed by atoms with Gasteiger partial charge in [0.1, 0.15) is 0 Å². The van der Waals surface area contributed by atoms with Crippen molar-refractivity contribution in [1.82, 2.24) is 4.90 Å². The Labute approximate surface area is 106 Å². The maximum atomic E-state index is 12.1. The first-order valence-electron chi connectivity index (χ1n) is 5.47. The Balaban J connectivity index is 2.74. The van der Waals surface area contributed by atoms with Crippen LogP contribution in [0.3, 0.4) is 0 Å². The van der Waals surface area contributed by atoms with Crippen LogP contribution in [0.15, 0.2) is 30.3 Å². The Bertz CT molecular complexity index is 343. The quantitative estimate of drug-likeness (QED) is 0.777. The third-order valence-electron chi connectivity index (χ3n) is 2.39. The van der Waals surface area contributed by atoms with Gasteiger partial charge < -0.3 is 4.90 Å². The lowest BCUT2D eigenvalue weighted by molar-refractivity contribution is -0.133. The first-order valence-corrected chi connectivity index (χ1v) is 6.26. The van der Waals surface area contributed by atoms with Crippen LogP contribution in [0.25, 0.3) is 0 Å². The van der Waals surface area contributed by atoms with E-state index in [0.717, 1.165) is 12.1 Å². The third kappa shape index (κ3) is 3.63. The summed E-state index contributed by atoms with van der Waals surface area (Å²) in [6, 6.07) is 10.0. The minimum atomic E-state index is -0.488. The van der Waals surface area contributed by atoms with Crippen molar-refractivity contribution in [1.29, 1.82) is 0 Å². The van der Waals surface area contributed by atoms with Crippen LogP contribution < -0.4 is 0 Å². The van der Waals surface area contributed by atoms with Gasteiger partial charge in [0.05, 0.1) is 4.32 Å². The van der Waals surface area contributed by atoms with Crippen LogP contribution >= 0.6 is 15.9 Å². The molecule has 0 fully saturated rings. The molecule has 0 radical (unpaired) electrons. The SMILES string of the molecule is CCN(Cc1ccccc1)C(=O)C(C)(C)Br. The fourth-order valence-corrected chi connectivity index (χ4v) is 1.76. The van der Waals surface area contributed by atoms with Crippen molar-refractivity contribution in [3.8, 4) is 0 Å². The van der Waals surface area contributed by atoms with Crippen LogP contribution in [-0.4, -0.2) is 21.7 Å². The van der Waals surface area contributed by atoms with Gasteiger partial charge in [-0.2, -0.15) is 0 Å². The number of hydrogen-bond donors (Lipinski definition) is 0. The van der Waals surface area contributed by atoms with Gasteiger partial charge in [-0.1, -0.05) is 46.3 Å². The number of carbonyl (C=O) groups excluding carboxylic acids is 1. The highest BCUT2D eigenvalue weighted by Crippen LogP contribution is 2.20. The molecule has 1 rings (SSSR count). The van der Waals surface area contributed by atoms with Crippen molar-refractivity contribution in [2.45, 2.75) is 31.6 Å². The molecule has 1 aromatic carbocycles. The van der Waals surface area contributed by atoms with Gasteiger partial charge in [-0.05, 0) is 26.3 Å². The van der Waals surface area contributed by atoms with Gasteiger partial charge in [0.15, 0.2) is 0 Å². The summed E-state index contributed by atoms with van der Waals surface area (Å²) in [5, 5.41) is 0. The molecule has 0 spiro atoms. The number of hydrogen-bond acceptors (Lipinski definition) is 1. The summed E-state index contributed by atoms with van der Waals surface area (Å²) in [6.07, 6.45) is 0. The summed E-state index contributed by atoms with van der Waals surface area (Å²) < 4.78 is -0.488. The van der Waals surface area contributed by atoms with Gasteiger partial charge in [-0.25, -0.2) is 0 Å². The summed E-state index contributed by atoms with van der Waals surface area (Å²) in [5.74, 6) is 0.124. The van der Waals surface area contributed by atoms with E-state index >= 15 is 0 Å². The van der Waals surface area contributed by atoms with Gasteiger partial charge >= 0.3 is 0 Å². The Morgan fingerprint density at radius 3 is 2.31 bits per heavy atom. The van der Waals surface area contributed by atoms with Crippen molar-refractivity contribution in [2.75, 3.05) is 6.54 Å². The molecule has 0 saturated carbocycles. The molecular formula is C13H18BrNO. The molecule has 0 bridgehead atoms. The predicted molar refractivity (Wildman–Crippen MR) is 70.5 cm³/mol. The monoisotopic (exact) mass is 283 g/mol. The predicted octanol–water partition coefficient (Wildman–Crippen LogP) is 3.21. The Hall–Kier alpha value is -0.830. The van der Waals surface area contributed by atoms with Crippen LogP contribution in [-0.2, 0) is 11.3 Å². The van der Waals surface area contributed by atoms with E-state index < -0.39 is 4.32 Å². The zero-order valence-corrected chi connectivity index (χ0v) is 11.6. The number of halogens is 1. The third-order valence-corrected chi connectivity index (χ3v) is 2.73. The smallest absolute Gasteiger partial charge is 0.239 e. The molecule has 88 valence electrons. The van der Waals surface area contributed by atoms with Gasteiger partial charge in [0, 0.05) is 13.1 Å². The minimum Gasteiger partial charge on any atom is -0.337 e. The Morgan fingerprint density at radius 1 is 1.31 bits per heavy atom. The maximum Gasteiger partial charge on any atom is 0.239 e. The summed E-state index contributed by atoms with van der Waals surface area (Å²) in [7, 11) is 0. The number of rotatable bonds is 4. The standard InChI is InChI=1S/C13H18BrNO/c1-4-15(12(16)13(2,3)14)10-11-8-6-5-7-9-11/h5-9H,4,10H2,1-3H3. The van der Waals surface area contributed by atoms with Crippen molar-refractivity contribution in [3.63, 3.8) is 0 Å². The number of alkyl halides is 1. The highest BCUT2D eigenvalue weighted by molar-refractivity contribution is 9.10. The number of carbonyl (C=O) groups is 1. The zero-order chi connectivity index (χ0) is 12.2. The molecule has 0 unspecified atom stereocenters. The second kappa shape index (κ2) is 5.48. The normalized spacial score (nSPS) is 11.2. The van der Waals surface area contributed by atoms with E-state index in [4.69, 9.17) is 0 Å². The van der Waals surface area contributed by atoms with Crippen LogP contribution in [0.5, 0.6) is 0 Å². The average Bonchev–Trinajstić information content (AvgIpc) is 2.25. The van der Waals surface area contributed by atoms with Crippen molar-refractivity contribution < 1.29 is 4.79 Å². The molecule has 0 aliphatic rings. The Kier molecular flexibility index (Phi) is 4.54. The van der Waals surface area contributed by atoms with Gasteiger partial charge in [-0.3, -0.25) is 4.79 Å². The molecule has 0 aromatic heterocycles. The first-order chi connectivity index (χ1) is 7.45. The maximum absolute atomic E-state index is 12.1. The summed E-state index contributed by atoms with van der Waals surface area (Å²) in [5.41, 5.74) is 1.16. The molecule has 0 N–H and O–H groups in total. The molecule has 0 atom stereocenters. The zero-order valence-electron chi connectivity index (χ0n) is 10.0. The van der Waals surface area contributed by atoms with Crippen LogP contribution in [0.2, 0.25) is 0 Å². The fourth-order valence-electron chi connectivity index (χ4n) is 1.51. The highest BCUT2D eigenvalue weighted by Gasteiger charge is 2.28. The minimum absolute atomic E-state index is 0.124. The van der Waals surface area contributed by atoms with E-state index in [1.54, 1.807) is 0 Å². The Morgan fingerprint density at radius 2 is 1.88 bits per heavy atom. The van der Waals surface area contributed by atoms with Crippen LogP contribution in [0.1, 0.15) is 26.3 Å². The summed E-state index contributed by atoms with van der Waals surface area (Å²) in [4.78, 5) is 13.9. The van der Waals surface area contributed by atoms with E-state index in [-0.39, 0.29) is 5.91 Å². The van der Waals surface area contributed by atoms with Gasteiger partial charge in [-0.15, -0.1) is 0 Å². The summed E-state index contributed by atoms with van der Waals surface area (Å²) >= 11 is 3.41. The average molecular weight is 284 g/mol. The first kappa shape index (κ1) is 13.2. The second-order valence-electron chi connectivity index (χ2n) is 4.28. The lowest BCUT2D eigenvalue weighted by atomic mass is 10.1. The molecule has 0 saturated heterocycles. The molecule has 1 amide bonds. The van der Waals surface area contributed by atoms with Crippen molar-refractivity contribution >= 4 is 21.8 Å². The largest absolute Gasteiger partial charge is 0.337 e. The molecule has 1 aromatic rings. The number of amides is 1. The number of nitrogens with zero attached hydrogens (tertiary/aromatic N) is 1. The van der Waals surface area contributed by atoms with E-state index in [1.165, 1.54) is 0 Å². The molecule has 2 nitrogen and oxygen atoms in total. The van der Waals surface area contributed by atoms with Crippen LogP contribution in [0.4, 0.5) is 0 Å². The van der Waals surface area contributed by atoms with E-state index in [0.29, 0.717) is 6.54 Å². The summed E-state index contributed by atoms with van der Waals surface area (Å²) in [6.45, 7) is 7.15. The van der Waals surface area contributed by atoms with E-state index in [2.05, 4.69) is 15.9 Å². The second-order valence-corrected chi connectivity index (χ2v) is 6.26. The van der Waals surface area contributed by atoms with Crippen molar-refractivity contribution in [3.05, 3.63) is 35.9 Å². The van der Waals surface area contributed by atoms with Gasteiger partial charge in [0.2, 0.25) is 5.91 Å². The number of benzene rings is 1. The lowest BCUT2D eigenvalue weighted by Crippen LogP contribution is -2.41. The molecule has 0 aliphatic carbocycles. The highest BCUT2D eigenvalue weighted by atomic mass is 79.9. The van der Waals surface area contributed by atoms with E-state index in [1.807, 2.05) is 56.0 Å². The van der Waals surface area contributed by atoms with Crippen LogP contribution in [0, 0.1) is 0 Å². The molecular weight excluding hydrogens is 266 g/mol. The molecule has 0 heterocycles.